The lowest BCUT2D eigenvalue weighted by Gasteiger charge is -2.37. The maximum absolute atomic E-state index is 14.4. The number of rotatable bonds is 27. The molecule has 4 aliphatic rings. The Kier molecular flexibility index (Phi) is 20.1. The van der Waals surface area contributed by atoms with Gasteiger partial charge in [-0.25, -0.2) is 4.52 Å². The molecule has 25 nitrogen and oxygen atoms in total. The van der Waals surface area contributed by atoms with Gasteiger partial charge >= 0.3 is 14.7 Å². The van der Waals surface area contributed by atoms with Crippen LogP contribution in [0.3, 0.4) is 0 Å². The third kappa shape index (κ3) is 14.9. The molecule has 0 bridgehead atoms. The van der Waals surface area contributed by atoms with E-state index in [0.29, 0.717) is 69.8 Å². The van der Waals surface area contributed by atoms with Crippen LogP contribution >= 0.6 is 8.60 Å². The fourth-order valence-electron chi connectivity index (χ4n) is 9.66. The Hall–Kier alpha value is -6.58. The number of likely N-dealkylation sites (N-methyl/N-ethyl adjacent to an activating group) is 1. The number of nitrogens with two attached hydrogens (primary N) is 1. The lowest BCUT2D eigenvalue weighted by molar-refractivity contribution is -0.189. The summed E-state index contributed by atoms with van der Waals surface area (Å²) >= 11 is 0. The standard InChI is InChI=1S/C49H63F2N10O15P/c1-59-18-15-30-8-11-37(60(30)47(69)36(27-59)57-43(65)35-26-28-25-29(7-9-32(28)55-35)49(50,51)76-77(71)72)44(66)56-34(10-13-39(52)62)42(64)54-17-4-20-74-22-24-75-23-21-73-19-3-16-53-33-6-2-5-31-41(33)48(70)61(46(31)68)38-12-14-40(63)58-45(38)67/h2,5-7,9,25-26,30,34,36-38,53,55,71-72H,3-4,8,10-24,27H2,1H3,(H2,52,62)(H,54,64)(H,56,66)(H,57,65)(H,58,63,67)/t30-,34+,36+,37+,38?/m1/s1. The monoisotopic (exact) mass is 1100 g/mol. The van der Waals surface area contributed by atoms with Crippen molar-refractivity contribution in [3.05, 3.63) is 64.8 Å². The number of alkyl halides is 2. The molecule has 3 aromatic rings. The minimum atomic E-state index is -4.03. The molecule has 77 heavy (non-hydrogen) atoms. The SMILES string of the molecule is CN1CC[C@H]2CC[C@@H](C(=O)N[C@@H](CCC(N)=O)C(=O)NCCCOCCOCCOCCCNc3cccc4c3C(=O)N(C3CCC(=O)NC3=O)C4=O)N2C(=O)[C@@H](NC(=O)c2cc3cc(C(F)(F)OP(O)O)ccc3[nH]2)C1. The van der Waals surface area contributed by atoms with Gasteiger partial charge in [0.05, 0.1) is 43.1 Å². The molecule has 7 rings (SSSR count). The van der Waals surface area contributed by atoms with Crippen LogP contribution in [0.4, 0.5) is 14.5 Å². The summed E-state index contributed by atoms with van der Waals surface area (Å²) in [6.45, 7) is 3.00. The Balaban J connectivity index is 0.792. The highest BCUT2D eigenvalue weighted by atomic mass is 31.2. The number of nitrogens with zero attached hydrogens (tertiary/aromatic N) is 3. The zero-order chi connectivity index (χ0) is 55.4. The second-order valence-electron chi connectivity index (χ2n) is 18.9. The van der Waals surface area contributed by atoms with Crippen LogP contribution in [0.2, 0.25) is 0 Å². The number of nitrogens with one attached hydrogen (secondary N) is 6. The number of hydrogen-bond donors (Lipinski definition) is 9. The molecule has 0 saturated carbocycles. The highest BCUT2D eigenvalue weighted by Crippen LogP contribution is 2.42. The van der Waals surface area contributed by atoms with E-state index in [9.17, 15) is 51.9 Å². The molecular weight excluding hydrogens is 1040 g/mol. The fourth-order valence-corrected chi connectivity index (χ4v) is 9.97. The minimum Gasteiger partial charge on any atom is -0.384 e. The summed E-state index contributed by atoms with van der Waals surface area (Å²) in [5.74, 6) is -5.45. The number of carbonyl (C=O) groups excluding carboxylic acids is 9. The molecule has 9 amide bonds. The number of anilines is 1. The van der Waals surface area contributed by atoms with Crippen molar-refractivity contribution in [1.29, 1.82) is 0 Å². The molecule has 5 atom stereocenters. The zero-order valence-corrected chi connectivity index (χ0v) is 43.1. The zero-order valence-electron chi connectivity index (χ0n) is 42.2. The number of hydrogen-bond acceptors (Lipinski definition) is 17. The summed E-state index contributed by atoms with van der Waals surface area (Å²) in [4.78, 5) is 142. The summed E-state index contributed by atoms with van der Waals surface area (Å²) in [7, 11) is -1.58. The predicted octanol–water partition coefficient (Wildman–Crippen LogP) is 0.449. The number of carbonyl (C=O) groups is 9. The Bertz CT molecular complexity index is 2700. The van der Waals surface area contributed by atoms with E-state index in [1.165, 1.54) is 23.1 Å². The number of piperidine rings is 1. The van der Waals surface area contributed by atoms with E-state index >= 15 is 0 Å². The van der Waals surface area contributed by atoms with Gasteiger partial charge in [-0.15, -0.1) is 0 Å². The molecular formula is C49H63F2N10O15P. The molecule has 5 heterocycles. The van der Waals surface area contributed by atoms with Gasteiger partial charge in [-0.1, -0.05) is 6.07 Å². The molecule has 3 fully saturated rings. The molecule has 0 aliphatic carbocycles. The summed E-state index contributed by atoms with van der Waals surface area (Å²) < 4.78 is 49.6. The molecule has 1 unspecified atom stereocenters. The van der Waals surface area contributed by atoms with Gasteiger partial charge in [-0.3, -0.25) is 53.4 Å². The van der Waals surface area contributed by atoms with E-state index < -0.39 is 97.6 Å². The van der Waals surface area contributed by atoms with Crippen molar-refractivity contribution < 1.29 is 80.5 Å². The van der Waals surface area contributed by atoms with Crippen molar-refractivity contribution in [1.82, 2.24) is 41.0 Å². The van der Waals surface area contributed by atoms with E-state index in [4.69, 9.17) is 29.7 Å². The van der Waals surface area contributed by atoms with Crippen molar-refractivity contribution in [2.24, 2.45) is 5.73 Å². The Labute approximate surface area is 441 Å². The number of halogens is 2. The van der Waals surface area contributed by atoms with Gasteiger partial charge in [0.1, 0.15) is 29.9 Å². The van der Waals surface area contributed by atoms with Gasteiger partial charge in [0, 0.05) is 68.3 Å². The van der Waals surface area contributed by atoms with E-state index in [0.717, 1.165) is 17.0 Å². The van der Waals surface area contributed by atoms with Crippen LogP contribution in [0, 0.1) is 0 Å². The first-order chi connectivity index (χ1) is 36.8. The van der Waals surface area contributed by atoms with Crippen LogP contribution < -0.4 is 32.3 Å². The quantitative estimate of drug-likeness (QED) is 0.0284. The molecule has 0 spiro atoms. The van der Waals surface area contributed by atoms with Crippen LogP contribution in [-0.2, 0) is 53.6 Å². The Morgan fingerprint density at radius 1 is 0.896 bits per heavy atom. The second kappa shape index (κ2) is 26.7. The van der Waals surface area contributed by atoms with Crippen molar-refractivity contribution in [3.63, 3.8) is 0 Å². The Morgan fingerprint density at radius 3 is 2.31 bits per heavy atom. The highest BCUT2D eigenvalue weighted by Gasteiger charge is 2.47. The summed E-state index contributed by atoms with van der Waals surface area (Å²) in [5, 5.41) is 13.7. The average Bonchev–Trinajstić information content (AvgIpc) is 4.18. The normalized spacial score (nSPS) is 20.4. The van der Waals surface area contributed by atoms with Crippen molar-refractivity contribution >= 4 is 78.4 Å². The van der Waals surface area contributed by atoms with E-state index in [2.05, 4.69) is 36.1 Å². The first kappa shape index (κ1) is 58.1. The van der Waals surface area contributed by atoms with Crippen LogP contribution in [-0.4, -0.2) is 186 Å². The second-order valence-corrected chi connectivity index (χ2v) is 19.6. The number of aromatic nitrogens is 1. The first-order valence-corrected chi connectivity index (χ1v) is 26.4. The smallest absolute Gasteiger partial charge is 0.384 e. The maximum atomic E-state index is 14.4. The Morgan fingerprint density at radius 2 is 1.61 bits per heavy atom. The van der Waals surface area contributed by atoms with E-state index in [-0.39, 0.29) is 93.3 Å². The van der Waals surface area contributed by atoms with Crippen molar-refractivity contribution in [3.8, 4) is 0 Å². The molecule has 3 saturated heterocycles. The van der Waals surface area contributed by atoms with Crippen molar-refractivity contribution in [2.75, 3.05) is 78.2 Å². The van der Waals surface area contributed by atoms with Gasteiger partial charge in [0.25, 0.3) is 17.7 Å². The number of amides is 9. The van der Waals surface area contributed by atoms with Crippen LogP contribution in [0.15, 0.2) is 42.5 Å². The predicted molar refractivity (Wildman–Crippen MR) is 268 cm³/mol. The van der Waals surface area contributed by atoms with Crippen LogP contribution in [0.5, 0.6) is 0 Å². The third-order valence-corrected chi connectivity index (χ3v) is 13.9. The summed E-state index contributed by atoms with van der Waals surface area (Å²) in [6.07, 6.45) is -2.02. The molecule has 418 valence electrons. The lowest BCUT2D eigenvalue weighted by atomic mass is 10.0. The maximum Gasteiger partial charge on any atom is 0.389 e. The van der Waals surface area contributed by atoms with Gasteiger partial charge in [0.15, 0.2) is 0 Å². The van der Waals surface area contributed by atoms with Crippen LogP contribution in [0.25, 0.3) is 10.9 Å². The number of benzene rings is 2. The van der Waals surface area contributed by atoms with E-state index in [1.54, 1.807) is 19.2 Å². The van der Waals surface area contributed by atoms with Gasteiger partial charge in [-0.05, 0) is 94.9 Å². The number of fused-ring (bicyclic) bond motifs is 3. The molecule has 1 aromatic heterocycles. The van der Waals surface area contributed by atoms with E-state index in [1.807, 2.05) is 4.90 Å². The average molecular weight is 1100 g/mol. The summed E-state index contributed by atoms with van der Waals surface area (Å²) in [6, 6.07) is 4.68. The van der Waals surface area contributed by atoms with Gasteiger partial charge in [-0.2, -0.15) is 8.78 Å². The minimum absolute atomic E-state index is 0.0283. The highest BCUT2D eigenvalue weighted by molar-refractivity contribution is 7.39. The molecule has 28 heteroatoms. The lowest BCUT2D eigenvalue weighted by Crippen LogP contribution is -2.61. The van der Waals surface area contributed by atoms with Crippen molar-refractivity contribution in [2.45, 2.75) is 94.1 Å². The van der Waals surface area contributed by atoms with Crippen LogP contribution in [0.1, 0.15) is 94.6 Å². The number of H-pyrrole nitrogens is 1. The molecule has 4 aliphatic heterocycles. The third-order valence-electron chi connectivity index (χ3n) is 13.5. The molecule has 2 aromatic carbocycles. The van der Waals surface area contributed by atoms with Gasteiger partial charge < -0.3 is 65.8 Å². The summed E-state index contributed by atoms with van der Waals surface area (Å²) in [5.41, 5.74) is 5.78. The number of imide groups is 2. The number of aromatic amines is 1. The topological polar surface area (TPSA) is 343 Å². The number of ether oxygens (including phenoxy) is 3. The largest absolute Gasteiger partial charge is 0.389 e. The fraction of sp³-hybridized carbons (Fsp3) is 0.531. The molecule has 10 N–H and O–H groups in total. The number of primary amides is 1. The molecule has 0 radical (unpaired) electrons. The van der Waals surface area contributed by atoms with Gasteiger partial charge in [0.2, 0.25) is 35.4 Å². The first-order valence-electron chi connectivity index (χ1n) is 25.2.